The fourth-order valence-corrected chi connectivity index (χ4v) is 5.15. The van der Waals surface area contributed by atoms with Crippen molar-refractivity contribution in [1.29, 1.82) is 0 Å². The van der Waals surface area contributed by atoms with Gasteiger partial charge in [-0.2, -0.15) is 9.30 Å². The Morgan fingerprint density at radius 2 is 1.81 bits per heavy atom. The van der Waals surface area contributed by atoms with E-state index in [0.29, 0.717) is 23.5 Å². The summed E-state index contributed by atoms with van der Waals surface area (Å²) in [6.45, 7) is 4.34. The lowest BCUT2D eigenvalue weighted by Gasteiger charge is -2.34. The van der Waals surface area contributed by atoms with Crippen LogP contribution in [0.5, 0.6) is 0 Å². The Bertz CT molecular complexity index is 950. The van der Waals surface area contributed by atoms with Crippen molar-refractivity contribution in [2.45, 2.75) is 31.0 Å². The summed E-state index contributed by atoms with van der Waals surface area (Å²) in [6, 6.07) is 5.91. The van der Waals surface area contributed by atoms with Gasteiger partial charge in [-0.25, -0.2) is 8.42 Å². The van der Waals surface area contributed by atoms with E-state index < -0.39 is 15.9 Å². The number of thiazole rings is 1. The Kier molecular flexibility index (Phi) is 5.42. The standard InChI is InChI=1S/C17H21N3O4S2/c1-12-10-20(11-13(2)24-12)26(22,23)15-6-4-14(5-7-15)16(21)18-17-19(3)8-9-25-17/h4-9,12-13H,10-11H2,1-3H3. The van der Waals surface area contributed by atoms with Crippen LogP contribution in [0.25, 0.3) is 0 Å². The summed E-state index contributed by atoms with van der Waals surface area (Å²) < 4.78 is 34.4. The molecule has 3 rings (SSSR count). The van der Waals surface area contributed by atoms with Crippen molar-refractivity contribution in [2.24, 2.45) is 12.0 Å². The molecule has 1 aliphatic heterocycles. The fourth-order valence-electron chi connectivity index (χ4n) is 2.83. The van der Waals surface area contributed by atoms with Gasteiger partial charge in [0.2, 0.25) is 10.0 Å². The number of benzene rings is 1. The van der Waals surface area contributed by atoms with Crippen LogP contribution in [0.3, 0.4) is 0 Å². The van der Waals surface area contributed by atoms with Gasteiger partial charge < -0.3 is 9.30 Å². The first-order chi connectivity index (χ1) is 12.3. The molecule has 0 saturated carbocycles. The molecule has 9 heteroatoms. The van der Waals surface area contributed by atoms with Gasteiger partial charge in [-0.15, -0.1) is 11.3 Å². The summed E-state index contributed by atoms with van der Waals surface area (Å²) in [7, 11) is -1.81. The van der Waals surface area contributed by atoms with Crippen LogP contribution < -0.4 is 4.80 Å². The molecular formula is C17H21N3O4S2. The molecule has 1 aliphatic rings. The van der Waals surface area contributed by atoms with Crippen LogP contribution in [0.2, 0.25) is 0 Å². The molecule has 1 aromatic heterocycles. The number of carbonyl (C=O) groups is 1. The second-order valence-corrected chi connectivity index (χ2v) is 9.13. The smallest absolute Gasteiger partial charge is 0.279 e. The third kappa shape index (κ3) is 3.96. The summed E-state index contributed by atoms with van der Waals surface area (Å²) in [4.78, 5) is 17.1. The molecule has 2 atom stereocenters. The second-order valence-electron chi connectivity index (χ2n) is 6.32. The molecule has 1 saturated heterocycles. The van der Waals surface area contributed by atoms with Gasteiger partial charge in [-0.3, -0.25) is 4.79 Å². The van der Waals surface area contributed by atoms with Gasteiger partial charge in [0.05, 0.1) is 17.1 Å². The zero-order valence-corrected chi connectivity index (χ0v) is 16.5. The number of nitrogens with zero attached hydrogens (tertiary/aromatic N) is 3. The Morgan fingerprint density at radius 3 is 2.35 bits per heavy atom. The highest BCUT2D eigenvalue weighted by Crippen LogP contribution is 2.21. The van der Waals surface area contributed by atoms with E-state index in [2.05, 4.69) is 4.99 Å². The minimum Gasteiger partial charge on any atom is -0.373 e. The summed E-state index contributed by atoms with van der Waals surface area (Å²) >= 11 is 1.36. The maximum Gasteiger partial charge on any atom is 0.279 e. The molecule has 2 heterocycles. The topological polar surface area (TPSA) is 81.0 Å². The van der Waals surface area contributed by atoms with Crippen LogP contribution in [-0.4, -0.2) is 48.5 Å². The van der Waals surface area contributed by atoms with E-state index >= 15 is 0 Å². The van der Waals surface area contributed by atoms with Gasteiger partial charge in [0.15, 0.2) is 4.80 Å². The highest BCUT2D eigenvalue weighted by atomic mass is 32.2. The predicted octanol–water partition coefficient (Wildman–Crippen LogP) is 1.63. The van der Waals surface area contributed by atoms with Gasteiger partial charge in [-0.1, -0.05) is 0 Å². The summed E-state index contributed by atoms with van der Waals surface area (Å²) in [5.41, 5.74) is 0.348. The number of sulfonamides is 1. The third-order valence-corrected chi connectivity index (χ3v) is 6.78. The summed E-state index contributed by atoms with van der Waals surface area (Å²) in [5.74, 6) is -0.402. The quantitative estimate of drug-likeness (QED) is 0.791. The first-order valence-corrected chi connectivity index (χ1v) is 10.5. The number of carbonyl (C=O) groups excluding carboxylic acids is 1. The largest absolute Gasteiger partial charge is 0.373 e. The molecule has 0 bridgehead atoms. The van der Waals surface area contributed by atoms with Crippen LogP contribution >= 0.6 is 11.3 Å². The molecule has 2 unspecified atom stereocenters. The van der Waals surface area contributed by atoms with E-state index in [1.165, 1.54) is 39.9 Å². The van der Waals surface area contributed by atoms with E-state index in [1.807, 2.05) is 32.5 Å². The molecule has 0 aliphatic carbocycles. The highest BCUT2D eigenvalue weighted by Gasteiger charge is 2.32. The minimum absolute atomic E-state index is 0.153. The van der Waals surface area contributed by atoms with Gasteiger partial charge >= 0.3 is 0 Å². The number of rotatable bonds is 3. The van der Waals surface area contributed by atoms with E-state index in [0.717, 1.165) is 0 Å². The van der Waals surface area contributed by atoms with Crippen LogP contribution in [0.4, 0.5) is 0 Å². The minimum atomic E-state index is -3.62. The molecule has 0 N–H and O–H groups in total. The van der Waals surface area contributed by atoms with Crippen molar-refractivity contribution in [3.8, 4) is 0 Å². The van der Waals surface area contributed by atoms with Crippen molar-refractivity contribution >= 4 is 27.3 Å². The Morgan fingerprint density at radius 1 is 1.19 bits per heavy atom. The summed E-state index contributed by atoms with van der Waals surface area (Å²) in [5, 5.41) is 1.84. The van der Waals surface area contributed by atoms with Crippen LogP contribution in [0, 0.1) is 0 Å². The van der Waals surface area contributed by atoms with Gasteiger partial charge in [-0.05, 0) is 38.1 Å². The number of aryl methyl sites for hydroxylation is 1. The lowest BCUT2D eigenvalue weighted by molar-refractivity contribution is -0.0440. The number of ether oxygens (including phenoxy) is 1. The van der Waals surface area contributed by atoms with Crippen molar-refractivity contribution in [1.82, 2.24) is 8.87 Å². The van der Waals surface area contributed by atoms with Gasteiger partial charge in [0, 0.05) is 37.3 Å². The normalized spacial score (nSPS) is 22.5. The molecule has 1 aromatic carbocycles. The van der Waals surface area contributed by atoms with E-state index in [-0.39, 0.29) is 17.1 Å². The molecule has 0 radical (unpaired) electrons. The predicted molar refractivity (Wildman–Crippen MR) is 98.4 cm³/mol. The zero-order valence-electron chi connectivity index (χ0n) is 14.8. The SMILES string of the molecule is CC1CN(S(=O)(=O)c2ccc(C(=O)N=c3sccn3C)cc2)CC(C)O1. The molecule has 0 spiro atoms. The number of aromatic nitrogens is 1. The van der Waals surface area contributed by atoms with Gasteiger partial charge in [0.1, 0.15) is 0 Å². The average molecular weight is 396 g/mol. The molecular weight excluding hydrogens is 374 g/mol. The van der Waals surface area contributed by atoms with Crippen LogP contribution in [0.1, 0.15) is 24.2 Å². The number of morpholine rings is 1. The number of amides is 1. The van der Waals surface area contributed by atoms with E-state index in [9.17, 15) is 13.2 Å². The number of hydrogen-bond donors (Lipinski definition) is 0. The monoisotopic (exact) mass is 395 g/mol. The number of hydrogen-bond acceptors (Lipinski definition) is 5. The highest BCUT2D eigenvalue weighted by molar-refractivity contribution is 7.89. The first kappa shape index (κ1) is 19.0. The molecule has 1 amide bonds. The van der Waals surface area contributed by atoms with Gasteiger partial charge in [0.25, 0.3) is 5.91 Å². The van der Waals surface area contributed by atoms with Crippen molar-refractivity contribution in [2.75, 3.05) is 13.1 Å². The van der Waals surface area contributed by atoms with E-state index in [4.69, 9.17) is 4.74 Å². The Balaban J connectivity index is 1.83. The molecule has 140 valence electrons. The maximum atomic E-state index is 12.8. The van der Waals surface area contributed by atoms with Crippen LogP contribution in [-0.2, 0) is 21.8 Å². The zero-order chi connectivity index (χ0) is 18.9. The molecule has 7 nitrogen and oxygen atoms in total. The fraction of sp³-hybridized carbons (Fsp3) is 0.412. The second kappa shape index (κ2) is 7.43. The molecule has 26 heavy (non-hydrogen) atoms. The van der Waals surface area contributed by atoms with E-state index in [1.54, 1.807) is 4.57 Å². The summed E-state index contributed by atoms with van der Waals surface area (Å²) in [6.07, 6.45) is 1.51. The Labute approximate surface area is 156 Å². The average Bonchev–Trinajstić information content (AvgIpc) is 2.99. The third-order valence-electron chi connectivity index (χ3n) is 4.08. The molecule has 1 fully saturated rings. The maximum absolute atomic E-state index is 12.8. The van der Waals surface area contributed by atoms with Crippen LogP contribution in [0.15, 0.2) is 45.7 Å². The lowest BCUT2D eigenvalue weighted by Crippen LogP contribution is -2.48. The van der Waals surface area contributed by atoms with Crippen molar-refractivity contribution in [3.63, 3.8) is 0 Å². The first-order valence-electron chi connectivity index (χ1n) is 8.22. The van der Waals surface area contributed by atoms with Crippen molar-refractivity contribution in [3.05, 3.63) is 46.2 Å². The molecule has 2 aromatic rings. The Hall–Kier alpha value is -1.81. The van der Waals surface area contributed by atoms with Crippen molar-refractivity contribution < 1.29 is 17.9 Å². The lowest BCUT2D eigenvalue weighted by atomic mass is 10.2.